The first-order valence-electron chi connectivity index (χ1n) is 28.1. The van der Waals surface area contributed by atoms with E-state index in [1.165, 1.54) is 135 Å². The van der Waals surface area contributed by atoms with Crippen LogP contribution in [-0.2, 0) is 48.2 Å². The van der Waals surface area contributed by atoms with Crippen molar-refractivity contribution in [3.8, 4) is 0 Å². The summed E-state index contributed by atoms with van der Waals surface area (Å²) in [5.41, 5.74) is -2.69. The zero-order chi connectivity index (χ0) is 50.3. The van der Waals surface area contributed by atoms with Crippen molar-refractivity contribution >= 4 is 17.9 Å². The average Bonchev–Trinajstić information content (AvgIpc) is 3.34. The molecule has 0 spiro atoms. The Morgan fingerprint density at radius 1 is 0.319 bits per heavy atom. The minimum absolute atomic E-state index is 0.215. The summed E-state index contributed by atoms with van der Waals surface area (Å²) in [6.45, 7) is 5.16. The molecular weight excluding hydrogens is 871 g/mol. The highest BCUT2D eigenvalue weighted by Crippen LogP contribution is 2.12. The molecule has 0 atom stereocenters. The highest BCUT2D eigenvalue weighted by atomic mass is 16.5. The molecule has 1 aromatic rings. The van der Waals surface area contributed by atoms with Crippen LogP contribution in [0, 0.1) is 0 Å². The van der Waals surface area contributed by atoms with Crippen LogP contribution in [-0.4, -0.2) is 51.4 Å². The van der Waals surface area contributed by atoms with Crippen LogP contribution < -0.4 is 17.1 Å². The zero-order valence-electron chi connectivity index (χ0n) is 44.2. The van der Waals surface area contributed by atoms with E-state index in [4.69, 9.17) is 14.2 Å². The molecule has 12 heteroatoms. The molecule has 0 N–H and O–H groups in total. The van der Waals surface area contributed by atoms with Gasteiger partial charge in [0.1, 0.15) is 19.8 Å². The normalized spacial score (nSPS) is 11.7. The quantitative estimate of drug-likeness (QED) is 0.0270. The van der Waals surface area contributed by atoms with Crippen LogP contribution in [0.25, 0.3) is 0 Å². The number of allylic oxidation sites excluding steroid dienone is 6. The lowest BCUT2D eigenvalue weighted by molar-refractivity contribution is -0.144. The molecule has 396 valence electrons. The number of hydrogen-bond donors (Lipinski definition) is 0. The maximum absolute atomic E-state index is 13.5. The summed E-state index contributed by atoms with van der Waals surface area (Å²) in [7, 11) is 0. The fourth-order valence-corrected chi connectivity index (χ4v) is 8.18. The summed E-state index contributed by atoms with van der Waals surface area (Å²) in [4.78, 5) is 78.3. The predicted molar refractivity (Wildman–Crippen MR) is 283 cm³/mol. The lowest BCUT2D eigenvalue weighted by Crippen LogP contribution is -2.55. The Bertz CT molecular complexity index is 1480. The molecule has 0 fully saturated rings. The van der Waals surface area contributed by atoms with E-state index in [9.17, 15) is 28.8 Å². The van der Waals surface area contributed by atoms with E-state index in [0.717, 1.165) is 71.5 Å². The van der Waals surface area contributed by atoms with Crippen LogP contribution >= 0.6 is 0 Å². The summed E-state index contributed by atoms with van der Waals surface area (Å²) in [6, 6.07) is 0. The molecule has 1 heterocycles. The van der Waals surface area contributed by atoms with Crippen LogP contribution in [0.1, 0.15) is 252 Å². The second-order valence-electron chi connectivity index (χ2n) is 18.8. The number of carbonyl (C=O) groups is 3. The van der Waals surface area contributed by atoms with Crippen molar-refractivity contribution in [3.63, 3.8) is 0 Å². The van der Waals surface area contributed by atoms with Gasteiger partial charge in [-0.3, -0.25) is 14.4 Å². The summed E-state index contributed by atoms with van der Waals surface area (Å²) >= 11 is 0. The first kappa shape index (κ1) is 63.1. The van der Waals surface area contributed by atoms with Crippen LogP contribution in [0.2, 0.25) is 0 Å². The Labute approximate surface area is 418 Å². The highest BCUT2D eigenvalue weighted by Gasteiger charge is 2.17. The number of unbranched alkanes of at least 4 members (excludes halogenated alkanes) is 27. The van der Waals surface area contributed by atoms with E-state index in [1.807, 2.05) is 0 Å². The Morgan fingerprint density at radius 3 is 0.754 bits per heavy atom. The third-order valence-electron chi connectivity index (χ3n) is 12.5. The summed E-state index contributed by atoms with van der Waals surface area (Å²) in [5.74, 6) is -1.29. The number of aromatic nitrogens is 3. The van der Waals surface area contributed by atoms with E-state index in [-0.39, 0.29) is 58.7 Å². The topological polar surface area (TPSA) is 145 Å². The third kappa shape index (κ3) is 35.7. The van der Waals surface area contributed by atoms with Gasteiger partial charge in [0.25, 0.3) is 0 Å². The van der Waals surface area contributed by atoms with Crippen LogP contribution in [0.15, 0.2) is 50.8 Å². The minimum atomic E-state index is -0.895. The van der Waals surface area contributed by atoms with Crippen molar-refractivity contribution in [2.45, 2.75) is 272 Å². The molecule has 0 saturated heterocycles. The Morgan fingerprint density at radius 2 is 0.522 bits per heavy atom. The molecule has 69 heavy (non-hydrogen) atoms. The van der Waals surface area contributed by atoms with Crippen molar-refractivity contribution in [2.75, 3.05) is 19.8 Å². The maximum atomic E-state index is 13.5. The average molecular weight is 970 g/mol. The molecule has 12 nitrogen and oxygen atoms in total. The van der Waals surface area contributed by atoms with Crippen molar-refractivity contribution < 1.29 is 28.6 Å². The largest absolute Gasteiger partial charge is 0.464 e. The van der Waals surface area contributed by atoms with Gasteiger partial charge in [-0.05, 0) is 96.3 Å². The standard InChI is InChI=1S/C57H99N3O9/c1-4-7-10-13-16-19-22-25-28-31-34-37-40-43-52(61)67-49-46-58-55(64)59(47-50-68-53(62)44-41-38-35-32-29-26-23-20-17-14-11-8-5-2)57(66)60(56(58)65)48-51-69-54(63)45-42-39-36-33-30-27-24-21-18-15-12-9-6-3/h28-33H,4-27,34-51H2,1-3H3/b31-28+,32-29+,33-30+. The van der Waals surface area contributed by atoms with E-state index < -0.39 is 35.0 Å². The van der Waals surface area contributed by atoms with Gasteiger partial charge in [-0.1, -0.05) is 173 Å². The van der Waals surface area contributed by atoms with Gasteiger partial charge in [-0.2, -0.15) is 0 Å². The highest BCUT2D eigenvalue weighted by molar-refractivity contribution is 5.69. The van der Waals surface area contributed by atoms with E-state index >= 15 is 0 Å². The SMILES string of the molecule is CCCCCCCCC/C=C/CCCCC(=O)OCCn1c(=O)n(CCOC(=O)CCCC/C=C/CCCCCCCCC)c(=O)n(CCOC(=O)CCCC/C=C/CCCCCCCCC)c1=O. The number of nitrogens with zero attached hydrogens (tertiary/aromatic N) is 3. The molecule has 0 aliphatic carbocycles. The lowest BCUT2D eigenvalue weighted by Gasteiger charge is -2.14. The van der Waals surface area contributed by atoms with Crippen LogP contribution in [0.4, 0.5) is 0 Å². The van der Waals surface area contributed by atoms with Crippen LogP contribution in [0.5, 0.6) is 0 Å². The van der Waals surface area contributed by atoms with Crippen LogP contribution in [0.3, 0.4) is 0 Å². The molecule has 0 bridgehead atoms. The number of ether oxygens (including phenoxy) is 3. The fraction of sp³-hybridized carbons (Fsp3) is 0.789. The molecule has 1 rings (SSSR count). The first-order chi connectivity index (χ1) is 33.8. The van der Waals surface area contributed by atoms with Gasteiger partial charge in [0, 0.05) is 19.3 Å². The van der Waals surface area contributed by atoms with E-state index in [2.05, 4.69) is 57.2 Å². The first-order valence-corrected chi connectivity index (χ1v) is 28.1. The molecule has 0 saturated carbocycles. The Hall–Kier alpha value is -3.96. The van der Waals surface area contributed by atoms with Crippen molar-refractivity contribution in [1.82, 2.24) is 13.7 Å². The van der Waals surface area contributed by atoms with Gasteiger partial charge >= 0.3 is 35.0 Å². The third-order valence-corrected chi connectivity index (χ3v) is 12.5. The molecule has 0 radical (unpaired) electrons. The van der Waals surface area contributed by atoms with Crippen molar-refractivity contribution in [3.05, 3.63) is 67.9 Å². The van der Waals surface area contributed by atoms with Gasteiger partial charge < -0.3 is 14.2 Å². The minimum Gasteiger partial charge on any atom is -0.464 e. The van der Waals surface area contributed by atoms with Gasteiger partial charge in [0.2, 0.25) is 0 Å². The van der Waals surface area contributed by atoms with Crippen molar-refractivity contribution in [2.24, 2.45) is 0 Å². The van der Waals surface area contributed by atoms with Gasteiger partial charge in [-0.25, -0.2) is 28.1 Å². The zero-order valence-corrected chi connectivity index (χ0v) is 44.2. The maximum Gasteiger partial charge on any atom is 0.336 e. The monoisotopic (exact) mass is 970 g/mol. The molecule has 0 aromatic carbocycles. The summed E-state index contributed by atoms with van der Waals surface area (Å²) in [6.07, 6.45) is 51.3. The number of esters is 3. The second-order valence-corrected chi connectivity index (χ2v) is 18.8. The fourth-order valence-electron chi connectivity index (χ4n) is 8.18. The molecular formula is C57H99N3O9. The van der Waals surface area contributed by atoms with E-state index in [1.54, 1.807) is 0 Å². The molecule has 0 aliphatic rings. The van der Waals surface area contributed by atoms with Crippen molar-refractivity contribution in [1.29, 1.82) is 0 Å². The summed E-state index contributed by atoms with van der Waals surface area (Å²) in [5, 5.41) is 0. The summed E-state index contributed by atoms with van der Waals surface area (Å²) < 4.78 is 18.7. The molecule has 0 aliphatic heterocycles. The Kier molecular flexibility index (Phi) is 42.4. The van der Waals surface area contributed by atoms with Gasteiger partial charge in [-0.15, -0.1) is 0 Å². The Balaban J connectivity index is 2.67. The number of hydrogen-bond acceptors (Lipinski definition) is 9. The predicted octanol–water partition coefficient (Wildman–Crippen LogP) is 13.6. The second kappa shape index (κ2) is 46.4. The molecule has 1 aromatic heterocycles. The number of rotatable bonds is 48. The van der Waals surface area contributed by atoms with Gasteiger partial charge in [0.15, 0.2) is 0 Å². The number of carbonyl (C=O) groups excluding carboxylic acids is 3. The molecule has 0 unspecified atom stereocenters. The molecule has 0 amide bonds. The smallest absolute Gasteiger partial charge is 0.336 e. The van der Waals surface area contributed by atoms with Gasteiger partial charge in [0.05, 0.1) is 19.6 Å². The lowest BCUT2D eigenvalue weighted by atomic mass is 10.1. The van der Waals surface area contributed by atoms with E-state index in [0.29, 0.717) is 19.3 Å².